The van der Waals surface area contributed by atoms with E-state index in [1.165, 1.54) is 17.0 Å². The molecule has 0 aliphatic carbocycles. The number of nitrogens with zero attached hydrogens (tertiary/aromatic N) is 1. The predicted molar refractivity (Wildman–Crippen MR) is 63.1 cm³/mol. The van der Waals surface area contributed by atoms with E-state index in [1.807, 2.05) is 0 Å². The van der Waals surface area contributed by atoms with E-state index >= 15 is 0 Å². The fraction of sp³-hybridized carbons (Fsp3) is 0.273. The molecule has 1 aromatic rings. The Hall–Kier alpha value is -1.56. The maximum absolute atomic E-state index is 13.6. The van der Waals surface area contributed by atoms with Gasteiger partial charge in [0.25, 0.3) is 0 Å². The van der Waals surface area contributed by atoms with Gasteiger partial charge in [0.2, 0.25) is 5.91 Å². The Kier molecular flexibility index (Phi) is 3.06. The van der Waals surface area contributed by atoms with Crippen molar-refractivity contribution in [2.45, 2.75) is 11.7 Å². The van der Waals surface area contributed by atoms with E-state index in [-0.39, 0.29) is 28.8 Å². The molecule has 0 spiro atoms. The standard InChI is InChI=1S/C11H10FNO3S/c12-8-2-1-6(11(15)16)3-9(8)13-5-7(17)4-10(13)14/h1-3,7,17H,4-5H2,(H,15,16). The zero-order chi connectivity index (χ0) is 12.6. The first-order chi connectivity index (χ1) is 7.99. The lowest BCUT2D eigenvalue weighted by molar-refractivity contribution is -0.117. The third-order valence-electron chi connectivity index (χ3n) is 2.59. The van der Waals surface area contributed by atoms with Crippen LogP contribution >= 0.6 is 12.6 Å². The third kappa shape index (κ3) is 2.26. The molecule has 1 aromatic carbocycles. The Morgan fingerprint density at radius 3 is 2.76 bits per heavy atom. The number of aromatic carboxylic acids is 1. The van der Waals surface area contributed by atoms with Gasteiger partial charge < -0.3 is 10.0 Å². The van der Waals surface area contributed by atoms with Crippen molar-refractivity contribution in [2.24, 2.45) is 0 Å². The second kappa shape index (κ2) is 4.37. The molecule has 1 saturated heterocycles. The number of carboxylic acids is 1. The van der Waals surface area contributed by atoms with Gasteiger partial charge in [0.15, 0.2) is 0 Å². The van der Waals surface area contributed by atoms with Crippen LogP contribution in [0, 0.1) is 5.82 Å². The minimum Gasteiger partial charge on any atom is -0.478 e. The van der Waals surface area contributed by atoms with Crippen LogP contribution in [0.15, 0.2) is 18.2 Å². The van der Waals surface area contributed by atoms with Gasteiger partial charge in [0, 0.05) is 18.2 Å². The molecule has 4 nitrogen and oxygen atoms in total. The van der Waals surface area contributed by atoms with Crippen LogP contribution in [0.3, 0.4) is 0 Å². The SMILES string of the molecule is O=C(O)c1ccc(F)c(N2CC(S)CC2=O)c1. The van der Waals surface area contributed by atoms with E-state index < -0.39 is 11.8 Å². The maximum Gasteiger partial charge on any atom is 0.335 e. The first-order valence-corrected chi connectivity index (χ1v) is 5.52. The van der Waals surface area contributed by atoms with Crippen LogP contribution in [0.5, 0.6) is 0 Å². The highest BCUT2D eigenvalue weighted by Crippen LogP contribution is 2.27. The summed E-state index contributed by atoms with van der Waals surface area (Å²) in [7, 11) is 0. The van der Waals surface area contributed by atoms with Crippen LogP contribution in [0.4, 0.5) is 10.1 Å². The van der Waals surface area contributed by atoms with E-state index in [9.17, 15) is 14.0 Å². The monoisotopic (exact) mass is 255 g/mol. The number of rotatable bonds is 2. The van der Waals surface area contributed by atoms with Crippen LogP contribution in [0.25, 0.3) is 0 Å². The van der Waals surface area contributed by atoms with E-state index in [1.54, 1.807) is 0 Å². The summed E-state index contributed by atoms with van der Waals surface area (Å²) < 4.78 is 13.6. The molecule has 90 valence electrons. The molecule has 1 atom stereocenters. The van der Waals surface area contributed by atoms with Crippen molar-refractivity contribution in [3.05, 3.63) is 29.6 Å². The van der Waals surface area contributed by atoms with Crippen molar-refractivity contribution < 1.29 is 19.1 Å². The molecular formula is C11H10FNO3S. The Balaban J connectivity index is 2.41. The van der Waals surface area contributed by atoms with Crippen molar-refractivity contribution in [1.29, 1.82) is 0 Å². The molecule has 2 rings (SSSR count). The van der Waals surface area contributed by atoms with Gasteiger partial charge in [0.05, 0.1) is 11.3 Å². The summed E-state index contributed by atoms with van der Waals surface area (Å²) in [6.07, 6.45) is 0.236. The van der Waals surface area contributed by atoms with Crippen LogP contribution in [0.1, 0.15) is 16.8 Å². The van der Waals surface area contributed by atoms with Gasteiger partial charge >= 0.3 is 5.97 Å². The maximum atomic E-state index is 13.6. The Morgan fingerprint density at radius 2 is 2.24 bits per heavy atom. The molecule has 0 radical (unpaired) electrons. The van der Waals surface area contributed by atoms with E-state index in [4.69, 9.17) is 5.11 Å². The quantitative estimate of drug-likeness (QED) is 0.788. The number of hydrogen-bond acceptors (Lipinski definition) is 3. The smallest absolute Gasteiger partial charge is 0.335 e. The van der Waals surface area contributed by atoms with Crippen molar-refractivity contribution in [1.82, 2.24) is 0 Å². The topological polar surface area (TPSA) is 57.6 Å². The number of anilines is 1. The number of halogens is 1. The minimum absolute atomic E-state index is 0.00597. The van der Waals surface area contributed by atoms with Crippen molar-refractivity contribution >= 4 is 30.2 Å². The first kappa shape index (κ1) is 11.9. The Morgan fingerprint density at radius 1 is 1.53 bits per heavy atom. The zero-order valence-electron chi connectivity index (χ0n) is 8.76. The third-order valence-corrected chi connectivity index (χ3v) is 2.93. The summed E-state index contributed by atoms with van der Waals surface area (Å²) in [5, 5.41) is 8.68. The van der Waals surface area contributed by atoms with Crippen molar-refractivity contribution in [3.8, 4) is 0 Å². The lowest BCUT2D eigenvalue weighted by atomic mass is 10.2. The highest BCUT2D eigenvalue weighted by Gasteiger charge is 2.30. The molecule has 1 fully saturated rings. The summed E-state index contributed by atoms with van der Waals surface area (Å²) in [5.41, 5.74) is -0.0386. The van der Waals surface area contributed by atoms with Crippen molar-refractivity contribution in [3.63, 3.8) is 0 Å². The number of carbonyl (C=O) groups is 2. The van der Waals surface area contributed by atoms with E-state index in [2.05, 4.69) is 12.6 Å². The first-order valence-electron chi connectivity index (χ1n) is 5.00. The average Bonchev–Trinajstić information content (AvgIpc) is 2.58. The molecule has 0 bridgehead atoms. The number of amides is 1. The lowest BCUT2D eigenvalue weighted by Crippen LogP contribution is -2.26. The average molecular weight is 255 g/mol. The van der Waals surface area contributed by atoms with Crippen LogP contribution in [-0.2, 0) is 4.79 Å². The molecule has 1 heterocycles. The molecule has 6 heteroatoms. The number of carbonyl (C=O) groups excluding carboxylic acids is 1. The fourth-order valence-corrected chi connectivity index (χ4v) is 2.09. The van der Waals surface area contributed by atoms with Crippen LogP contribution < -0.4 is 4.90 Å². The summed E-state index contributed by atoms with van der Waals surface area (Å²) in [6.45, 7) is 0.294. The molecule has 17 heavy (non-hydrogen) atoms. The van der Waals surface area contributed by atoms with Crippen LogP contribution in [-0.4, -0.2) is 28.8 Å². The highest BCUT2D eigenvalue weighted by molar-refractivity contribution is 7.81. The van der Waals surface area contributed by atoms with Gasteiger partial charge in [0.1, 0.15) is 5.82 Å². The van der Waals surface area contributed by atoms with Gasteiger partial charge in [-0.25, -0.2) is 9.18 Å². The molecule has 1 aliphatic rings. The molecular weight excluding hydrogens is 245 g/mol. The predicted octanol–water partition coefficient (Wildman–Crippen LogP) is 1.56. The summed E-state index contributed by atoms with van der Waals surface area (Å²) in [5.74, 6) is -2.00. The summed E-state index contributed by atoms with van der Waals surface area (Å²) in [4.78, 5) is 23.6. The molecule has 1 N–H and O–H groups in total. The number of thiol groups is 1. The van der Waals surface area contributed by atoms with E-state index in [0.717, 1.165) is 6.07 Å². The highest BCUT2D eigenvalue weighted by atomic mass is 32.1. The van der Waals surface area contributed by atoms with E-state index in [0.29, 0.717) is 6.54 Å². The number of hydrogen-bond donors (Lipinski definition) is 2. The largest absolute Gasteiger partial charge is 0.478 e. The van der Waals surface area contributed by atoms with Gasteiger partial charge in [-0.05, 0) is 18.2 Å². The summed E-state index contributed by atoms with van der Waals surface area (Å²) >= 11 is 4.16. The van der Waals surface area contributed by atoms with Crippen molar-refractivity contribution in [2.75, 3.05) is 11.4 Å². The Labute approximate surface area is 102 Å². The molecule has 1 aliphatic heterocycles. The van der Waals surface area contributed by atoms with Gasteiger partial charge in [-0.3, -0.25) is 4.79 Å². The van der Waals surface area contributed by atoms with Crippen LogP contribution in [0.2, 0.25) is 0 Å². The zero-order valence-corrected chi connectivity index (χ0v) is 9.65. The second-order valence-corrected chi connectivity index (χ2v) is 4.56. The summed E-state index contributed by atoms with van der Waals surface area (Å²) in [6, 6.07) is 3.39. The second-order valence-electron chi connectivity index (χ2n) is 3.83. The lowest BCUT2D eigenvalue weighted by Gasteiger charge is -2.17. The number of carboxylic acid groups (broad SMARTS) is 1. The normalized spacial score (nSPS) is 19.8. The Bertz CT molecular complexity index is 492. The molecule has 1 amide bonds. The molecule has 0 saturated carbocycles. The molecule has 1 unspecified atom stereocenters. The van der Waals surface area contributed by atoms with Gasteiger partial charge in [-0.15, -0.1) is 0 Å². The number of benzene rings is 1. The fourth-order valence-electron chi connectivity index (χ4n) is 1.77. The van der Waals surface area contributed by atoms with Gasteiger partial charge in [-0.2, -0.15) is 12.6 Å². The van der Waals surface area contributed by atoms with Gasteiger partial charge in [-0.1, -0.05) is 0 Å². The molecule has 0 aromatic heterocycles. The minimum atomic E-state index is -1.15.